The predicted octanol–water partition coefficient (Wildman–Crippen LogP) is 1.78. The molecule has 1 fully saturated rings. The predicted molar refractivity (Wildman–Crippen MR) is 85.8 cm³/mol. The van der Waals surface area contributed by atoms with Crippen LogP contribution in [-0.2, 0) is 11.3 Å². The number of carboxylic acid groups (broad SMARTS) is 1. The first-order valence-electron chi connectivity index (χ1n) is 7.81. The first-order valence-corrected chi connectivity index (χ1v) is 7.81. The molecule has 1 aliphatic carbocycles. The molecule has 0 aliphatic heterocycles. The Morgan fingerprint density at radius 3 is 2.35 bits per heavy atom. The highest BCUT2D eigenvalue weighted by Gasteiger charge is 2.37. The van der Waals surface area contributed by atoms with Crippen molar-refractivity contribution in [1.29, 1.82) is 0 Å². The van der Waals surface area contributed by atoms with Gasteiger partial charge < -0.3 is 20.0 Å². The van der Waals surface area contributed by atoms with Gasteiger partial charge in [-0.05, 0) is 24.8 Å². The number of amides is 2. The number of nitrogens with zero attached hydrogens (tertiary/aromatic N) is 2. The van der Waals surface area contributed by atoms with Crippen molar-refractivity contribution in [2.24, 2.45) is 5.92 Å². The zero-order chi connectivity index (χ0) is 17.0. The minimum absolute atomic E-state index is 0.0567. The molecule has 1 aromatic carbocycles. The molecule has 0 aromatic heterocycles. The normalized spacial score (nSPS) is 24.0. The van der Waals surface area contributed by atoms with Gasteiger partial charge in [-0.2, -0.15) is 0 Å². The highest BCUT2D eigenvalue weighted by Crippen LogP contribution is 2.30. The van der Waals surface area contributed by atoms with Gasteiger partial charge in [-0.1, -0.05) is 30.3 Å². The molecule has 1 aliphatic rings. The van der Waals surface area contributed by atoms with Crippen molar-refractivity contribution >= 4 is 12.0 Å². The average Bonchev–Trinajstić information content (AvgIpc) is 2.51. The van der Waals surface area contributed by atoms with Gasteiger partial charge in [0, 0.05) is 32.6 Å². The summed E-state index contributed by atoms with van der Waals surface area (Å²) in [7, 11) is 3.36. The van der Waals surface area contributed by atoms with Crippen LogP contribution in [0.3, 0.4) is 0 Å². The van der Waals surface area contributed by atoms with Crippen LogP contribution < -0.4 is 0 Å². The lowest BCUT2D eigenvalue weighted by molar-refractivity contribution is -0.136. The number of hydrogen-bond acceptors (Lipinski definition) is 3. The van der Waals surface area contributed by atoms with E-state index in [0.717, 1.165) is 5.56 Å². The van der Waals surface area contributed by atoms with Gasteiger partial charge in [-0.15, -0.1) is 0 Å². The fourth-order valence-corrected chi connectivity index (χ4v) is 3.21. The number of rotatable bonds is 4. The zero-order valence-corrected chi connectivity index (χ0v) is 13.6. The lowest BCUT2D eigenvalue weighted by atomic mass is 9.82. The summed E-state index contributed by atoms with van der Waals surface area (Å²) in [5, 5.41) is 19.6. The maximum Gasteiger partial charge on any atom is 0.407 e. The maximum absolute atomic E-state index is 12.2. The van der Waals surface area contributed by atoms with Crippen molar-refractivity contribution in [2.75, 3.05) is 14.1 Å². The van der Waals surface area contributed by atoms with Gasteiger partial charge in [0.1, 0.15) is 0 Å². The summed E-state index contributed by atoms with van der Waals surface area (Å²) in [5.74, 6) is -0.393. The van der Waals surface area contributed by atoms with E-state index in [1.807, 2.05) is 30.3 Å². The molecular weight excluding hydrogens is 296 g/mol. The van der Waals surface area contributed by atoms with E-state index in [-0.39, 0.29) is 24.4 Å². The Kier molecular flexibility index (Phi) is 5.60. The highest BCUT2D eigenvalue weighted by molar-refractivity contribution is 5.78. The van der Waals surface area contributed by atoms with Crippen LogP contribution in [0.5, 0.6) is 0 Å². The van der Waals surface area contributed by atoms with Gasteiger partial charge in [-0.25, -0.2) is 4.79 Å². The lowest BCUT2D eigenvalue weighted by Crippen LogP contribution is -2.47. The van der Waals surface area contributed by atoms with Gasteiger partial charge in [0.2, 0.25) is 5.91 Å². The fourth-order valence-electron chi connectivity index (χ4n) is 3.21. The number of carbonyl (C=O) groups is 2. The summed E-state index contributed by atoms with van der Waals surface area (Å²) in [6.45, 7) is 0.260. The second-order valence-electron chi connectivity index (χ2n) is 6.34. The number of hydrogen-bond donors (Lipinski definition) is 2. The molecule has 0 heterocycles. The van der Waals surface area contributed by atoms with Crippen LogP contribution in [0.15, 0.2) is 30.3 Å². The van der Waals surface area contributed by atoms with Crippen molar-refractivity contribution < 1.29 is 19.8 Å². The summed E-state index contributed by atoms with van der Waals surface area (Å²) >= 11 is 0. The molecule has 2 rings (SSSR count). The van der Waals surface area contributed by atoms with E-state index in [1.54, 1.807) is 14.1 Å². The minimum Gasteiger partial charge on any atom is -0.465 e. The summed E-state index contributed by atoms with van der Waals surface area (Å²) < 4.78 is 0. The van der Waals surface area contributed by atoms with Gasteiger partial charge in [0.05, 0.1) is 6.10 Å². The first-order chi connectivity index (χ1) is 10.9. The van der Waals surface area contributed by atoms with Crippen molar-refractivity contribution in [3.05, 3.63) is 35.9 Å². The van der Waals surface area contributed by atoms with Crippen LogP contribution in [0, 0.1) is 5.92 Å². The molecule has 0 radical (unpaired) electrons. The first kappa shape index (κ1) is 17.3. The molecule has 23 heavy (non-hydrogen) atoms. The summed E-state index contributed by atoms with van der Waals surface area (Å²) in [6, 6.07) is 9.00. The summed E-state index contributed by atoms with van der Waals surface area (Å²) in [5.41, 5.74) is 0.894. The Labute approximate surface area is 136 Å². The van der Waals surface area contributed by atoms with Gasteiger partial charge in [0.25, 0.3) is 0 Å². The second-order valence-corrected chi connectivity index (χ2v) is 6.34. The zero-order valence-electron chi connectivity index (χ0n) is 13.6. The van der Waals surface area contributed by atoms with Gasteiger partial charge >= 0.3 is 6.09 Å². The molecule has 2 amide bonds. The van der Waals surface area contributed by atoms with E-state index < -0.39 is 12.2 Å². The third-order valence-electron chi connectivity index (χ3n) is 4.33. The smallest absolute Gasteiger partial charge is 0.407 e. The van der Waals surface area contributed by atoms with Crippen molar-refractivity contribution in [3.63, 3.8) is 0 Å². The van der Waals surface area contributed by atoms with Crippen LogP contribution in [-0.4, -0.2) is 58.3 Å². The summed E-state index contributed by atoms with van der Waals surface area (Å²) in [6.07, 6.45) is -0.458. The third-order valence-corrected chi connectivity index (χ3v) is 4.33. The van der Waals surface area contributed by atoms with E-state index in [4.69, 9.17) is 0 Å². The van der Waals surface area contributed by atoms with Gasteiger partial charge in [0.15, 0.2) is 0 Å². The SMILES string of the molecule is CN(C)C(=O)[C@H]1C[C@H](O)C[C@@H](N(Cc2ccccc2)C(=O)O)C1. The van der Waals surface area contributed by atoms with E-state index in [9.17, 15) is 19.8 Å². The lowest BCUT2D eigenvalue weighted by Gasteiger charge is -2.38. The Bertz CT molecular complexity index is 547. The van der Waals surface area contributed by atoms with E-state index >= 15 is 0 Å². The van der Waals surface area contributed by atoms with Crippen molar-refractivity contribution in [1.82, 2.24) is 9.80 Å². The average molecular weight is 320 g/mol. The Balaban J connectivity index is 2.14. The third kappa shape index (κ3) is 4.45. The van der Waals surface area contributed by atoms with Crippen LogP contribution in [0.25, 0.3) is 0 Å². The molecule has 0 bridgehead atoms. The minimum atomic E-state index is -1.02. The van der Waals surface area contributed by atoms with Crippen LogP contribution in [0.4, 0.5) is 4.79 Å². The highest BCUT2D eigenvalue weighted by atomic mass is 16.4. The molecule has 1 aromatic rings. The van der Waals surface area contributed by atoms with Crippen molar-refractivity contribution in [3.8, 4) is 0 Å². The van der Waals surface area contributed by atoms with E-state index in [0.29, 0.717) is 19.3 Å². The monoisotopic (exact) mass is 320 g/mol. The Morgan fingerprint density at radius 2 is 1.78 bits per heavy atom. The molecule has 3 atom stereocenters. The Hall–Kier alpha value is -2.08. The largest absolute Gasteiger partial charge is 0.465 e. The molecule has 0 spiro atoms. The molecule has 0 saturated heterocycles. The van der Waals surface area contributed by atoms with Crippen LogP contribution in [0.1, 0.15) is 24.8 Å². The molecule has 6 heteroatoms. The molecule has 126 valence electrons. The summed E-state index contributed by atoms with van der Waals surface area (Å²) in [4.78, 5) is 26.7. The van der Waals surface area contributed by atoms with Crippen LogP contribution >= 0.6 is 0 Å². The van der Waals surface area contributed by atoms with Gasteiger partial charge in [-0.3, -0.25) is 4.79 Å². The molecule has 6 nitrogen and oxygen atoms in total. The molecule has 1 saturated carbocycles. The van der Waals surface area contributed by atoms with E-state index in [1.165, 1.54) is 9.80 Å². The number of carbonyl (C=O) groups excluding carboxylic acids is 1. The molecule has 0 unspecified atom stereocenters. The second kappa shape index (κ2) is 7.46. The fraction of sp³-hybridized carbons (Fsp3) is 0.529. The number of aliphatic hydroxyl groups excluding tert-OH is 1. The van der Waals surface area contributed by atoms with E-state index in [2.05, 4.69) is 0 Å². The topological polar surface area (TPSA) is 81.1 Å². The number of benzene rings is 1. The quantitative estimate of drug-likeness (QED) is 0.886. The standard InChI is InChI=1S/C17H24N2O4/c1-18(2)16(21)13-8-14(10-15(20)9-13)19(17(22)23)11-12-6-4-3-5-7-12/h3-7,13-15,20H,8-11H2,1-2H3,(H,22,23)/t13-,14+,15+/m1/s1. The van der Waals surface area contributed by atoms with Crippen LogP contribution in [0.2, 0.25) is 0 Å². The van der Waals surface area contributed by atoms with Crippen molar-refractivity contribution in [2.45, 2.75) is 38.0 Å². The molecule has 2 N–H and O–H groups in total. The Morgan fingerprint density at radius 1 is 1.13 bits per heavy atom. The number of aliphatic hydroxyl groups is 1. The molecular formula is C17H24N2O4. The maximum atomic E-state index is 12.2.